The maximum absolute atomic E-state index is 13.1. The smallest absolute Gasteiger partial charge is 0.344 e. The molecule has 0 bridgehead atoms. The molecule has 4 rings (SSSR count). The van der Waals surface area contributed by atoms with Gasteiger partial charge >= 0.3 is 5.97 Å². The van der Waals surface area contributed by atoms with Crippen LogP contribution in [0.5, 0.6) is 5.75 Å². The highest BCUT2D eigenvalue weighted by Gasteiger charge is 2.26. The maximum Gasteiger partial charge on any atom is 0.344 e. The Bertz CT molecular complexity index is 1260. The first-order valence-electron chi connectivity index (χ1n) is 10.9. The molecule has 2 aromatic heterocycles. The van der Waals surface area contributed by atoms with Crippen LogP contribution in [0.15, 0.2) is 48.5 Å². The third-order valence-electron chi connectivity index (χ3n) is 5.92. The summed E-state index contributed by atoms with van der Waals surface area (Å²) in [5.41, 5.74) is 10.1. The average Bonchev–Trinajstić information content (AvgIpc) is 3.08. The second-order valence-corrected chi connectivity index (χ2v) is 7.82. The van der Waals surface area contributed by atoms with Gasteiger partial charge in [-0.05, 0) is 24.1 Å². The van der Waals surface area contributed by atoms with Gasteiger partial charge in [0, 0.05) is 5.56 Å². The lowest BCUT2D eigenvalue weighted by atomic mass is 10.1. The molecule has 0 atom stereocenters. The number of nitrogens with two attached hydrogens (primary N) is 1. The number of nitrogen functional groups attached to an aromatic ring is 1. The molecule has 0 spiro atoms. The molecule has 0 aliphatic carbocycles. The molecule has 0 saturated heterocycles. The highest BCUT2D eigenvalue weighted by atomic mass is 16.5. The second-order valence-electron chi connectivity index (χ2n) is 7.82. The number of carbonyl (C=O) groups excluding carboxylic acids is 1. The van der Waals surface area contributed by atoms with Crippen LogP contribution in [0.25, 0.3) is 22.2 Å². The molecule has 0 amide bonds. The van der Waals surface area contributed by atoms with Crippen molar-refractivity contribution in [2.45, 2.75) is 33.2 Å². The van der Waals surface area contributed by atoms with Crippen LogP contribution in [0.1, 0.15) is 42.6 Å². The van der Waals surface area contributed by atoms with Gasteiger partial charge in [-0.1, -0.05) is 57.0 Å². The summed E-state index contributed by atoms with van der Waals surface area (Å²) >= 11 is 0. The summed E-state index contributed by atoms with van der Waals surface area (Å²) in [7, 11) is 1.63. The normalized spacial score (nSPS) is 11.4. The van der Waals surface area contributed by atoms with Crippen molar-refractivity contribution < 1.29 is 14.3 Å². The lowest BCUT2D eigenvalue weighted by molar-refractivity contribution is 0.0436. The Morgan fingerprint density at radius 2 is 1.69 bits per heavy atom. The van der Waals surface area contributed by atoms with Crippen LogP contribution in [0.4, 0.5) is 5.82 Å². The summed E-state index contributed by atoms with van der Waals surface area (Å²) in [5.74, 6) is 0.868. The van der Waals surface area contributed by atoms with Gasteiger partial charge in [-0.2, -0.15) is 0 Å². The van der Waals surface area contributed by atoms with Crippen molar-refractivity contribution in [1.29, 1.82) is 0 Å². The number of rotatable bonds is 8. The number of fused-ring (bicyclic) bond motifs is 2. The standard InChI is InChI=1S/C25H28N4O3/c1-4-16(5-2)15-32-25(30)21-22-24(28-19-12-8-7-11-18(19)27-22)29(23(21)26)14-17-10-6-9-13-20(17)31-3/h6-13,16H,4-5,14-15,26H2,1-3H3. The van der Waals surface area contributed by atoms with E-state index in [2.05, 4.69) is 13.8 Å². The summed E-state index contributed by atoms with van der Waals surface area (Å²) < 4.78 is 13.0. The lowest BCUT2D eigenvalue weighted by Crippen LogP contribution is -2.15. The number of aromatic nitrogens is 3. The minimum Gasteiger partial charge on any atom is -0.496 e. The Labute approximate surface area is 187 Å². The van der Waals surface area contributed by atoms with Gasteiger partial charge in [0.15, 0.2) is 5.65 Å². The predicted molar refractivity (Wildman–Crippen MR) is 126 cm³/mol. The number of hydrogen-bond donors (Lipinski definition) is 1. The molecular formula is C25H28N4O3. The topological polar surface area (TPSA) is 92.3 Å². The fraction of sp³-hybridized carbons (Fsp3) is 0.320. The molecule has 0 aliphatic rings. The molecule has 2 aromatic carbocycles. The van der Waals surface area contributed by atoms with Crippen LogP contribution in [0.2, 0.25) is 0 Å². The van der Waals surface area contributed by atoms with Crippen molar-refractivity contribution in [3.05, 3.63) is 59.7 Å². The highest BCUT2D eigenvalue weighted by molar-refractivity contribution is 6.08. The van der Waals surface area contributed by atoms with E-state index in [0.717, 1.165) is 29.7 Å². The van der Waals surface area contributed by atoms with Gasteiger partial charge in [0.05, 0.1) is 31.3 Å². The van der Waals surface area contributed by atoms with E-state index >= 15 is 0 Å². The molecular weight excluding hydrogens is 404 g/mol. The molecule has 0 fully saturated rings. The SMILES string of the molecule is CCC(CC)COC(=O)c1c(N)n(Cc2ccccc2OC)c2nc3ccccc3nc12. The second kappa shape index (κ2) is 9.26. The van der Waals surface area contributed by atoms with Crippen molar-refractivity contribution in [2.24, 2.45) is 5.92 Å². The number of ether oxygens (including phenoxy) is 2. The zero-order chi connectivity index (χ0) is 22.7. The quantitative estimate of drug-likeness (QED) is 0.402. The van der Waals surface area contributed by atoms with Crippen molar-refractivity contribution in [3.63, 3.8) is 0 Å². The summed E-state index contributed by atoms with van der Waals surface area (Å²) in [6, 6.07) is 15.3. The molecule has 2 N–H and O–H groups in total. The monoisotopic (exact) mass is 432 g/mol. The largest absolute Gasteiger partial charge is 0.496 e. The van der Waals surface area contributed by atoms with Crippen molar-refractivity contribution in [1.82, 2.24) is 14.5 Å². The van der Waals surface area contributed by atoms with Crippen LogP contribution in [0.3, 0.4) is 0 Å². The van der Waals surface area contributed by atoms with Crippen molar-refractivity contribution >= 4 is 34.0 Å². The van der Waals surface area contributed by atoms with Crippen LogP contribution < -0.4 is 10.5 Å². The summed E-state index contributed by atoms with van der Waals surface area (Å²) in [6.45, 7) is 4.92. The molecule has 7 nitrogen and oxygen atoms in total. The first kappa shape index (κ1) is 21.6. The Balaban J connectivity index is 1.85. The van der Waals surface area contributed by atoms with Crippen LogP contribution in [-0.2, 0) is 11.3 Å². The van der Waals surface area contributed by atoms with Gasteiger partial charge < -0.3 is 19.8 Å². The lowest BCUT2D eigenvalue weighted by Gasteiger charge is -2.13. The maximum atomic E-state index is 13.1. The Morgan fingerprint density at radius 1 is 1.03 bits per heavy atom. The summed E-state index contributed by atoms with van der Waals surface area (Å²) in [4.78, 5) is 22.7. The van der Waals surface area contributed by atoms with Gasteiger partial charge in [0.2, 0.25) is 0 Å². The average molecular weight is 433 g/mol. The number of anilines is 1. The zero-order valence-corrected chi connectivity index (χ0v) is 18.7. The molecule has 166 valence electrons. The Kier molecular flexibility index (Phi) is 6.25. The van der Waals surface area contributed by atoms with Gasteiger partial charge in [-0.15, -0.1) is 0 Å². The van der Waals surface area contributed by atoms with Crippen LogP contribution >= 0.6 is 0 Å². The third-order valence-corrected chi connectivity index (χ3v) is 5.92. The Morgan fingerprint density at radius 3 is 2.38 bits per heavy atom. The van der Waals surface area contributed by atoms with E-state index in [0.29, 0.717) is 35.8 Å². The van der Waals surface area contributed by atoms with Gasteiger partial charge in [-0.3, -0.25) is 0 Å². The number of methoxy groups -OCH3 is 1. The minimum atomic E-state index is -0.470. The molecule has 0 saturated carbocycles. The van der Waals surface area contributed by atoms with E-state index in [9.17, 15) is 4.79 Å². The molecule has 2 heterocycles. The van der Waals surface area contributed by atoms with Gasteiger partial charge in [0.25, 0.3) is 0 Å². The number of hydrogen-bond acceptors (Lipinski definition) is 6. The number of para-hydroxylation sites is 3. The first-order chi connectivity index (χ1) is 15.6. The number of nitrogens with zero attached hydrogens (tertiary/aromatic N) is 3. The fourth-order valence-electron chi connectivity index (χ4n) is 3.87. The molecule has 7 heteroatoms. The zero-order valence-electron chi connectivity index (χ0n) is 18.7. The number of esters is 1. The third kappa shape index (κ3) is 3.98. The summed E-state index contributed by atoms with van der Waals surface area (Å²) in [6.07, 6.45) is 1.89. The van der Waals surface area contributed by atoms with Crippen LogP contribution in [0, 0.1) is 5.92 Å². The molecule has 0 aliphatic heterocycles. The van der Waals surface area contributed by atoms with Gasteiger partial charge in [-0.25, -0.2) is 14.8 Å². The molecule has 0 unspecified atom stereocenters. The molecule has 4 aromatic rings. The van der Waals surface area contributed by atoms with Crippen molar-refractivity contribution in [2.75, 3.05) is 19.5 Å². The van der Waals surface area contributed by atoms with E-state index in [1.54, 1.807) is 11.7 Å². The van der Waals surface area contributed by atoms with E-state index in [1.165, 1.54) is 0 Å². The summed E-state index contributed by atoms with van der Waals surface area (Å²) in [5, 5.41) is 0. The minimum absolute atomic E-state index is 0.263. The van der Waals surface area contributed by atoms with Crippen LogP contribution in [-0.4, -0.2) is 34.2 Å². The van der Waals surface area contributed by atoms with E-state index in [-0.39, 0.29) is 11.4 Å². The highest BCUT2D eigenvalue weighted by Crippen LogP contribution is 2.31. The van der Waals surface area contributed by atoms with Crippen molar-refractivity contribution in [3.8, 4) is 5.75 Å². The molecule has 0 radical (unpaired) electrons. The Hall–Kier alpha value is -3.61. The predicted octanol–water partition coefficient (Wildman–Crippen LogP) is 4.82. The van der Waals surface area contributed by atoms with E-state index in [4.69, 9.17) is 25.2 Å². The van der Waals surface area contributed by atoms with E-state index in [1.807, 2.05) is 48.5 Å². The number of benzene rings is 2. The first-order valence-corrected chi connectivity index (χ1v) is 10.9. The molecule has 32 heavy (non-hydrogen) atoms. The van der Waals surface area contributed by atoms with Gasteiger partial charge in [0.1, 0.15) is 22.6 Å². The number of carbonyl (C=O) groups is 1. The van der Waals surface area contributed by atoms with E-state index < -0.39 is 5.97 Å². The fourth-order valence-corrected chi connectivity index (χ4v) is 3.87.